The van der Waals surface area contributed by atoms with E-state index in [1.807, 2.05) is 46.8 Å². The number of aryl methyl sites for hydroxylation is 1. The van der Waals surface area contributed by atoms with Gasteiger partial charge in [0.25, 0.3) is 0 Å². The van der Waals surface area contributed by atoms with Crippen molar-refractivity contribution < 1.29 is 32.8 Å². The standard InChI is InChI=1S/C20H26O7/c1-7-10-21-20(14-9-8-12(2)23-14)15(13-11-22-18(3,4)25-13)24-17-16(20)26-19(5,6)27-17/h1,8-9,13,15-17H,10-11H2,2-6H3/t13-,15-,16+,17-,20+/m1/s1. The molecule has 3 aliphatic heterocycles. The molecular formula is C20H26O7. The average Bonchev–Trinajstić information content (AvgIpc) is 3.29. The molecule has 5 atom stereocenters. The highest BCUT2D eigenvalue weighted by molar-refractivity contribution is 5.24. The maximum absolute atomic E-state index is 6.27. The minimum Gasteiger partial charge on any atom is -0.463 e. The molecule has 0 radical (unpaired) electrons. The summed E-state index contributed by atoms with van der Waals surface area (Å²) in [5, 5.41) is 0. The van der Waals surface area contributed by atoms with Crippen molar-refractivity contribution in [2.24, 2.45) is 0 Å². The van der Waals surface area contributed by atoms with Crippen LogP contribution in [0.15, 0.2) is 16.5 Å². The van der Waals surface area contributed by atoms with Gasteiger partial charge in [-0.2, -0.15) is 0 Å². The second kappa shape index (κ2) is 6.31. The van der Waals surface area contributed by atoms with E-state index in [2.05, 4.69) is 5.92 Å². The molecule has 7 heteroatoms. The Kier molecular flexibility index (Phi) is 4.43. The predicted octanol–water partition coefficient (Wildman–Crippen LogP) is 2.46. The van der Waals surface area contributed by atoms with E-state index >= 15 is 0 Å². The summed E-state index contributed by atoms with van der Waals surface area (Å²) < 4.78 is 42.5. The zero-order valence-electron chi connectivity index (χ0n) is 16.3. The zero-order valence-corrected chi connectivity index (χ0v) is 16.3. The first-order valence-electron chi connectivity index (χ1n) is 9.14. The monoisotopic (exact) mass is 378 g/mol. The molecule has 0 bridgehead atoms. The van der Waals surface area contributed by atoms with Crippen molar-refractivity contribution in [2.75, 3.05) is 13.2 Å². The molecule has 0 aliphatic carbocycles. The Morgan fingerprint density at radius 2 is 1.89 bits per heavy atom. The summed E-state index contributed by atoms with van der Waals surface area (Å²) in [6.07, 6.45) is 3.32. The van der Waals surface area contributed by atoms with Crippen LogP contribution in [-0.2, 0) is 34.0 Å². The molecule has 148 valence electrons. The highest BCUT2D eigenvalue weighted by Crippen LogP contribution is 2.53. The van der Waals surface area contributed by atoms with E-state index in [9.17, 15) is 0 Å². The molecule has 27 heavy (non-hydrogen) atoms. The van der Waals surface area contributed by atoms with E-state index in [0.717, 1.165) is 5.76 Å². The number of rotatable bonds is 4. The van der Waals surface area contributed by atoms with Crippen LogP contribution in [0.25, 0.3) is 0 Å². The Morgan fingerprint density at radius 3 is 2.48 bits per heavy atom. The number of hydrogen-bond acceptors (Lipinski definition) is 7. The molecule has 0 unspecified atom stereocenters. The maximum Gasteiger partial charge on any atom is 0.191 e. The molecular weight excluding hydrogens is 352 g/mol. The number of hydrogen-bond donors (Lipinski definition) is 0. The Bertz CT molecular complexity index is 746. The molecule has 7 nitrogen and oxygen atoms in total. The predicted molar refractivity (Wildman–Crippen MR) is 93.5 cm³/mol. The molecule has 3 aliphatic rings. The molecule has 0 aromatic carbocycles. The Labute approximate surface area is 159 Å². The van der Waals surface area contributed by atoms with Crippen molar-refractivity contribution in [2.45, 2.75) is 76.4 Å². The molecule has 0 N–H and O–H groups in total. The number of ether oxygens (including phenoxy) is 6. The van der Waals surface area contributed by atoms with Crippen LogP contribution in [0.4, 0.5) is 0 Å². The van der Waals surface area contributed by atoms with Crippen molar-refractivity contribution in [3.8, 4) is 12.3 Å². The minimum atomic E-state index is -1.12. The summed E-state index contributed by atoms with van der Waals surface area (Å²) in [4.78, 5) is 0. The lowest BCUT2D eigenvalue weighted by Gasteiger charge is -2.38. The smallest absolute Gasteiger partial charge is 0.191 e. The average molecular weight is 378 g/mol. The summed E-state index contributed by atoms with van der Waals surface area (Å²) in [5.74, 6) is 2.32. The lowest BCUT2D eigenvalue weighted by atomic mass is 9.86. The van der Waals surface area contributed by atoms with Gasteiger partial charge in [0.15, 0.2) is 29.6 Å². The van der Waals surface area contributed by atoms with Crippen molar-refractivity contribution in [1.82, 2.24) is 0 Å². The van der Waals surface area contributed by atoms with Crippen LogP contribution in [0.2, 0.25) is 0 Å². The zero-order chi connectivity index (χ0) is 19.4. The Balaban J connectivity index is 1.79. The highest BCUT2D eigenvalue weighted by atomic mass is 16.9. The van der Waals surface area contributed by atoms with E-state index < -0.39 is 41.8 Å². The summed E-state index contributed by atoms with van der Waals surface area (Å²) in [6.45, 7) is 9.67. The second-order valence-electron chi connectivity index (χ2n) is 8.04. The quantitative estimate of drug-likeness (QED) is 0.746. The lowest BCUT2D eigenvalue weighted by molar-refractivity contribution is -0.259. The molecule has 4 rings (SSSR count). The van der Waals surface area contributed by atoms with Gasteiger partial charge in [0.05, 0.1) is 6.61 Å². The minimum absolute atomic E-state index is 0.0591. The van der Waals surface area contributed by atoms with Gasteiger partial charge in [-0.05, 0) is 46.8 Å². The summed E-state index contributed by atoms with van der Waals surface area (Å²) >= 11 is 0. The number of furan rings is 1. The molecule has 1 aromatic rings. The van der Waals surface area contributed by atoms with Crippen LogP contribution in [0.1, 0.15) is 39.2 Å². The van der Waals surface area contributed by atoms with Gasteiger partial charge in [0, 0.05) is 0 Å². The van der Waals surface area contributed by atoms with Gasteiger partial charge < -0.3 is 32.8 Å². The van der Waals surface area contributed by atoms with Crippen LogP contribution < -0.4 is 0 Å². The fourth-order valence-corrected chi connectivity index (χ4v) is 4.08. The summed E-state index contributed by atoms with van der Waals surface area (Å²) in [5.41, 5.74) is -1.12. The van der Waals surface area contributed by atoms with Crippen LogP contribution >= 0.6 is 0 Å². The van der Waals surface area contributed by atoms with Gasteiger partial charge in [0.1, 0.15) is 30.3 Å². The fourth-order valence-electron chi connectivity index (χ4n) is 4.08. The van der Waals surface area contributed by atoms with Crippen LogP contribution in [0, 0.1) is 19.3 Å². The number of fused-ring (bicyclic) bond motifs is 1. The fraction of sp³-hybridized carbons (Fsp3) is 0.700. The normalized spacial score (nSPS) is 39.4. The molecule has 1 aromatic heterocycles. The third-order valence-electron chi connectivity index (χ3n) is 5.07. The van der Waals surface area contributed by atoms with E-state index in [4.69, 9.17) is 39.3 Å². The molecule has 4 heterocycles. The largest absolute Gasteiger partial charge is 0.463 e. The van der Waals surface area contributed by atoms with Crippen molar-refractivity contribution in [3.05, 3.63) is 23.7 Å². The van der Waals surface area contributed by atoms with E-state index in [0.29, 0.717) is 12.4 Å². The van der Waals surface area contributed by atoms with Crippen molar-refractivity contribution in [3.63, 3.8) is 0 Å². The topological polar surface area (TPSA) is 68.5 Å². The van der Waals surface area contributed by atoms with Crippen LogP contribution in [-0.4, -0.2) is 49.4 Å². The molecule has 0 saturated carbocycles. The molecule has 3 saturated heterocycles. The van der Waals surface area contributed by atoms with Crippen molar-refractivity contribution in [1.29, 1.82) is 0 Å². The Hall–Kier alpha value is -1.40. The van der Waals surface area contributed by atoms with Gasteiger partial charge in [-0.25, -0.2) is 0 Å². The first kappa shape index (κ1) is 18.9. The second-order valence-corrected chi connectivity index (χ2v) is 8.04. The van der Waals surface area contributed by atoms with Gasteiger partial charge in [-0.15, -0.1) is 6.42 Å². The van der Waals surface area contributed by atoms with Gasteiger partial charge >= 0.3 is 0 Å². The molecule has 0 spiro atoms. The summed E-state index contributed by atoms with van der Waals surface area (Å²) in [6, 6.07) is 3.73. The van der Waals surface area contributed by atoms with Gasteiger partial charge in [-0.1, -0.05) is 5.92 Å². The SMILES string of the molecule is C#CCO[C@@]1(c2ccc(C)o2)[C@@H]([C@H]2COC(C)(C)O2)O[C@@H]2OC(C)(C)O[C@@H]21. The van der Waals surface area contributed by atoms with Crippen LogP contribution in [0.3, 0.4) is 0 Å². The number of terminal acetylenes is 1. The third kappa shape index (κ3) is 3.11. The van der Waals surface area contributed by atoms with E-state index in [1.54, 1.807) is 0 Å². The van der Waals surface area contributed by atoms with Gasteiger partial charge in [0.2, 0.25) is 0 Å². The van der Waals surface area contributed by atoms with Gasteiger partial charge in [-0.3, -0.25) is 0 Å². The summed E-state index contributed by atoms with van der Waals surface area (Å²) in [7, 11) is 0. The highest BCUT2D eigenvalue weighted by Gasteiger charge is 2.69. The first-order chi connectivity index (χ1) is 12.7. The lowest BCUT2D eigenvalue weighted by Crippen LogP contribution is -2.53. The molecule has 3 fully saturated rings. The molecule has 0 amide bonds. The van der Waals surface area contributed by atoms with Crippen molar-refractivity contribution >= 4 is 0 Å². The third-order valence-corrected chi connectivity index (χ3v) is 5.07. The van der Waals surface area contributed by atoms with E-state index in [1.165, 1.54) is 0 Å². The van der Waals surface area contributed by atoms with Crippen LogP contribution in [0.5, 0.6) is 0 Å². The van der Waals surface area contributed by atoms with E-state index in [-0.39, 0.29) is 6.61 Å². The Morgan fingerprint density at radius 1 is 1.11 bits per heavy atom. The first-order valence-corrected chi connectivity index (χ1v) is 9.14. The maximum atomic E-state index is 6.27.